The number of rotatable bonds is 4. The van der Waals surface area contributed by atoms with Crippen molar-refractivity contribution in [3.05, 3.63) is 46.1 Å². The van der Waals surface area contributed by atoms with E-state index < -0.39 is 0 Å². The number of hydrogen-bond acceptors (Lipinski definition) is 8. The molecule has 7 nitrogen and oxygen atoms in total. The molecular formula is C23H23BrN6OS. The molecule has 2 N–H and O–H groups in total. The van der Waals surface area contributed by atoms with Crippen LogP contribution in [0.1, 0.15) is 25.3 Å². The number of halogens is 1. The molecule has 0 aromatic carbocycles. The maximum atomic E-state index is 6.34. The summed E-state index contributed by atoms with van der Waals surface area (Å²) in [5.41, 5.74) is 10.9. The predicted molar refractivity (Wildman–Crippen MR) is 133 cm³/mol. The van der Waals surface area contributed by atoms with Gasteiger partial charge in [0.2, 0.25) is 0 Å². The SMILES string of the molecule is CC(C)c1c(-c2ccc(N3CCOCC3)nc2)nc2ncnc(N)c2c1-c1cc(Br)cs1. The molecule has 4 aromatic heterocycles. The van der Waals surface area contributed by atoms with Crippen molar-refractivity contribution in [2.24, 2.45) is 0 Å². The lowest BCUT2D eigenvalue weighted by Gasteiger charge is -2.27. The third kappa shape index (κ3) is 3.85. The maximum absolute atomic E-state index is 6.34. The molecule has 0 unspecified atom stereocenters. The summed E-state index contributed by atoms with van der Waals surface area (Å²) in [6, 6.07) is 6.27. The van der Waals surface area contributed by atoms with E-state index in [4.69, 9.17) is 20.4 Å². The molecule has 0 aliphatic carbocycles. The fourth-order valence-corrected chi connectivity index (χ4v) is 5.61. The Bertz CT molecular complexity index is 1270. The van der Waals surface area contributed by atoms with Crippen LogP contribution in [0, 0.1) is 0 Å². The molecule has 164 valence electrons. The molecule has 0 radical (unpaired) electrons. The van der Waals surface area contributed by atoms with E-state index in [0.29, 0.717) is 11.5 Å². The van der Waals surface area contributed by atoms with Crippen LogP contribution in [-0.2, 0) is 4.74 Å². The average molecular weight is 511 g/mol. The van der Waals surface area contributed by atoms with Gasteiger partial charge in [0.05, 0.1) is 24.3 Å². The number of ether oxygens (including phenoxy) is 1. The molecule has 9 heteroatoms. The first-order valence-electron chi connectivity index (χ1n) is 10.5. The van der Waals surface area contributed by atoms with Gasteiger partial charge in [0.25, 0.3) is 0 Å². The average Bonchev–Trinajstić information content (AvgIpc) is 3.24. The molecule has 0 saturated carbocycles. The lowest BCUT2D eigenvalue weighted by atomic mass is 9.90. The molecule has 1 saturated heterocycles. The van der Waals surface area contributed by atoms with Gasteiger partial charge in [0.1, 0.15) is 18.0 Å². The van der Waals surface area contributed by atoms with Crippen LogP contribution in [0.2, 0.25) is 0 Å². The topological polar surface area (TPSA) is 90.0 Å². The van der Waals surface area contributed by atoms with Crippen molar-refractivity contribution in [2.45, 2.75) is 19.8 Å². The molecule has 1 aliphatic rings. The van der Waals surface area contributed by atoms with Gasteiger partial charge in [-0.05, 0) is 45.6 Å². The summed E-state index contributed by atoms with van der Waals surface area (Å²) in [4.78, 5) is 21.8. The third-order valence-electron chi connectivity index (χ3n) is 5.60. The first-order chi connectivity index (χ1) is 15.5. The van der Waals surface area contributed by atoms with Crippen LogP contribution in [-0.4, -0.2) is 46.2 Å². The van der Waals surface area contributed by atoms with E-state index in [1.165, 1.54) is 6.33 Å². The fraction of sp³-hybridized carbons (Fsp3) is 0.304. The third-order valence-corrected chi connectivity index (χ3v) is 7.30. The second-order valence-corrected chi connectivity index (χ2v) is 9.82. The first-order valence-corrected chi connectivity index (χ1v) is 12.2. The Balaban J connectivity index is 1.72. The molecule has 0 spiro atoms. The molecule has 1 fully saturated rings. The predicted octanol–water partition coefficient (Wildman–Crippen LogP) is 5.12. The number of thiophene rings is 1. The Morgan fingerprint density at radius 1 is 1.16 bits per heavy atom. The van der Waals surface area contributed by atoms with Gasteiger partial charge in [-0.1, -0.05) is 13.8 Å². The van der Waals surface area contributed by atoms with E-state index in [2.05, 4.69) is 68.2 Å². The number of nitrogens with zero attached hydrogens (tertiary/aromatic N) is 5. The zero-order chi connectivity index (χ0) is 22.2. The van der Waals surface area contributed by atoms with Crippen LogP contribution >= 0.6 is 27.3 Å². The van der Waals surface area contributed by atoms with Crippen LogP contribution in [0.5, 0.6) is 0 Å². The second kappa shape index (κ2) is 8.73. The minimum Gasteiger partial charge on any atom is -0.383 e. The van der Waals surface area contributed by atoms with Crippen molar-refractivity contribution in [2.75, 3.05) is 36.9 Å². The van der Waals surface area contributed by atoms with E-state index in [-0.39, 0.29) is 5.92 Å². The Labute approximate surface area is 198 Å². The standard InChI is InChI=1S/C23H23BrN6OS/c1-13(2)18-19(16-9-15(24)11-32-16)20-22(25)27-12-28-23(20)29-21(18)14-3-4-17(26-10-14)30-5-7-31-8-6-30/h3-4,9-13H,5-8H2,1-2H3,(H2,25,27,28,29). The summed E-state index contributed by atoms with van der Waals surface area (Å²) in [5, 5.41) is 2.87. The molecular weight excluding hydrogens is 488 g/mol. The van der Waals surface area contributed by atoms with Crippen molar-refractivity contribution in [1.82, 2.24) is 19.9 Å². The van der Waals surface area contributed by atoms with Crippen molar-refractivity contribution in [3.8, 4) is 21.7 Å². The molecule has 0 atom stereocenters. The Kier molecular flexibility index (Phi) is 5.79. The summed E-state index contributed by atoms with van der Waals surface area (Å²) in [6.07, 6.45) is 3.38. The Morgan fingerprint density at radius 3 is 2.62 bits per heavy atom. The highest BCUT2D eigenvalue weighted by Gasteiger charge is 2.24. The van der Waals surface area contributed by atoms with Crippen LogP contribution in [0.3, 0.4) is 0 Å². The van der Waals surface area contributed by atoms with Gasteiger partial charge in [0, 0.05) is 45.1 Å². The van der Waals surface area contributed by atoms with Crippen molar-refractivity contribution < 1.29 is 4.74 Å². The van der Waals surface area contributed by atoms with E-state index in [1.807, 2.05) is 6.20 Å². The summed E-state index contributed by atoms with van der Waals surface area (Å²) in [7, 11) is 0. The molecule has 32 heavy (non-hydrogen) atoms. The van der Waals surface area contributed by atoms with Gasteiger partial charge in [-0.2, -0.15) is 0 Å². The fourth-order valence-electron chi connectivity index (χ4n) is 4.12. The normalized spacial score (nSPS) is 14.4. The molecule has 0 bridgehead atoms. The van der Waals surface area contributed by atoms with Gasteiger partial charge in [0.15, 0.2) is 5.65 Å². The van der Waals surface area contributed by atoms with Gasteiger partial charge in [-0.15, -0.1) is 11.3 Å². The second-order valence-electron chi connectivity index (χ2n) is 7.99. The number of morpholine rings is 1. The van der Waals surface area contributed by atoms with Gasteiger partial charge < -0.3 is 15.4 Å². The van der Waals surface area contributed by atoms with E-state index >= 15 is 0 Å². The molecule has 0 amide bonds. The number of hydrogen-bond donors (Lipinski definition) is 1. The molecule has 5 heterocycles. The number of aromatic nitrogens is 4. The summed E-state index contributed by atoms with van der Waals surface area (Å²) >= 11 is 5.25. The van der Waals surface area contributed by atoms with Crippen LogP contribution in [0.25, 0.3) is 32.7 Å². The quantitative estimate of drug-likeness (QED) is 0.407. The number of pyridine rings is 2. The van der Waals surface area contributed by atoms with Crippen LogP contribution in [0.15, 0.2) is 40.6 Å². The monoisotopic (exact) mass is 510 g/mol. The summed E-state index contributed by atoms with van der Waals surface area (Å²) in [5.74, 6) is 1.60. The van der Waals surface area contributed by atoms with E-state index in [0.717, 1.165) is 69.2 Å². The van der Waals surface area contributed by atoms with E-state index in [9.17, 15) is 0 Å². The maximum Gasteiger partial charge on any atom is 0.165 e. The lowest BCUT2D eigenvalue weighted by Crippen LogP contribution is -2.36. The highest BCUT2D eigenvalue weighted by atomic mass is 79.9. The number of nitrogen functional groups attached to an aromatic ring is 1. The van der Waals surface area contributed by atoms with Crippen LogP contribution in [0.4, 0.5) is 11.6 Å². The lowest BCUT2D eigenvalue weighted by molar-refractivity contribution is 0.122. The molecule has 5 rings (SSSR count). The van der Waals surface area contributed by atoms with Crippen molar-refractivity contribution in [1.29, 1.82) is 0 Å². The minimum atomic E-state index is 0.205. The van der Waals surface area contributed by atoms with Crippen LogP contribution < -0.4 is 10.6 Å². The first kappa shape index (κ1) is 21.2. The summed E-state index contributed by atoms with van der Waals surface area (Å²) < 4.78 is 6.49. The molecule has 1 aliphatic heterocycles. The van der Waals surface area contributed by atoms with E-state index in [1.54, 1.807) is 11.3 Å². The minimum absolute atomic E-state index is 0.205. The van der Waals surface area contributed by atoms with Gasteiger partial charge in [-0.3, -0.25) is 0 Å². The number of anilines is 2. The highest BCUT2D eigenvalue weighted by molar-refractivity contribution is 9.10. The molecule has 4 aromatic rings. The number of fused-ring (bicyclic) bond motifs is 1. The summed E-state index contributed by atoms with van der Waals surface area (Å²) in [6.45, 7) is 7.51. The van der Waals surface area contributed by atoms with Crippen molar-refractivity contribution in [3.63, 3.8) is 0 Å². The van der Waals surface area contributed by atoms with Crippen molar-refractivity contribution >= 4 is 49.9 Å². The highest BCUT2D eigenvalue weighted by Crippen LogP contribution is 2.44. The Hall–Kier alpha value is -2.62. The zero-order valence-corrected chi connectivity index (χ0v) is 20.3. The smallest absolute Gasteiger partial charge is 0.165 e. The van der Waals surface area contributed by atoms with Gasteiger partial charge in [-0.25, -0.2) is 19.9 Å². The Morgan fingerprint density at radius 2 is 1.97 bits per heavy atom. The van der Waals surface area contributed by atoms with Gasteiger partial charge >= 0.3 is 0 Å². The largest absolute Gasteiger partial charge is 0.383 e. The number of nitrogens with two attached hydrogens (primary N) is 1. The zero-order valence-electron chi connectivity index (χ0n) is 17.9.